The van der Waals surface area contributed by atoms with Crippen LogP contribution in [0.5, 0.6) is 5.75 Å². The summed E-state index contributed by atoms with van der Waals surface area (Å²) in [4.78, 5) is 0. The predicted molar refractivity (Wildman–Crippen MR) is 52.0 cm³/mol. The molecule has 0 aromatic heterocycles. The zero-order chi connectivity index (χ0) is 9.14. The Kier molecular flexibility index (Phi) is 2.58. The van der Waals surface area contributed by atoms with Crippen LogP contribution >= 0.6 is 0 Å². The first-order chi connectivity index (χ1) is 5.70. The molecule has 66 valence electrons. The first kappa shape index (κ1) is 8.91. The highest BCUT2D eigenvalue weighted by molar-refractivity contribution is 5.57. The number of hydrogen-bond donors (Lipinski definition) is 1. The lowest BCUT2D eigenvalue weighted by molar-refractivity contribution is 0.411. The van der Waals surface area contributed by atoms with Gasteiger partial charge in [-0.15, -0.1) is 0 Å². The summed E-state index contributed by atoms with van der Waals surface area (Å²) in [7, 11) is 3.62. The molecule has 1 N–H and O–H groups in total. The second kappa shape index (κ2) is 3.48. The fourth-order valence-corrected chi connectivity index (χ4v) is 1.29. The molecule has 0 saturated heterocycles. The van der Waals surface area contributed by atoms with Crippen molar-refractivity contribution < 1.29 is 4.74 Å². The number of rotatable bonds is 2. The van der Waals surface area contributed by atoms with Gasteiger partial charge in [-0.3, -0.25) is 0 Å². The SMILES string of the molecule is CNc1ccc(OC)c(C)c1C. The molecule has 0 radical (unpaired) electrons. The number of benzene rings is 1. The zero-order valence-electron chi connectivity index (χ0n) is 8.06. The Labute approximate surface area is 73.6 Å². The van der Waals surface area contributed by atoms with E-state index in [0.717, 1.165) is 11.4 Å². The third-order valence-corrected chi connectivity index (χ3v) is 2.23. The van der Waals surface area contributed by atoms with Crippen molar-refractivity contribution in [3.8, 4) is 5.75 Å². The molecule has 1 rings (SSSR count). The van der Waals surface area contributed by atoms with Crippen molar-refractivity contribution in [3.05, 3.63) is 23.3 Å². The molecule has 0 atom stereocenters. The van der Waals surface area contributed by atoms with Crippen LogP contribution in [0.25, 0.3) is 0 Å². The maximum Gasteiger partial charge on any atom is 0.122 e. The lowest BCUT2D eigenvalue weighted by atomic mass is 10.1. The first-order valence-electron chi connectivity index (χ1n) is 4.02. The Balaban J connectivity index is 3.20. The van der Waals surface area contributed by atoms with Crippen LogP contribution in [0.15, 0.2) is 12.1 Å². The molecule has 0 spiro atoms. The summed E-state index contributed by atoms with van der Waals surface area (Å²) in [6.07, 6.45) is 0. The molecule has 0 bridgehead atoms. The van der Waals surface area contributed by atoms with Crippen LogP contribution in [0.1, 0.15) is 11.1 Å². The van der Waals surface area contributed by atoms with Gasteiger partial charge < -0.3 is 10.1 Å². The minimum Gasteiger partial charge on any atom is -0.496 e. The van der Waals surface area contributed by atoms with Gasteiger partial charge >= 0.3 is 0 Å². The third kappa shape index (κ3) is 1.37. The van der Waals surface area contributed by atoms with Gasteiger partial charge in [-0.2, -0.15) is 0 Å². The average Bonchev–Trinajstić information content (AvgIpc) is 2.10. The fraction of sp³-hybridized carbons (Fsp3) is 0.400. The van der Waals surface area contributed by atoms with Gasteiger partial charge in [-0.05, 0) is 37.1 Å². The van der Waals surface area contributed by atoms with E-state index in [1.54, 1.807) is 7.11 Å². The summed E-state index contributed by atoms with van der Waals surface area (Å²) in [5.74, 6) is 0.950. The highest BCUT2D eigenvalue weighted by atomic mass is 16.5. The second-order valence-electron chi connectivity index (χ2n) is 2.82. The summed E-state index contributed by atoms with van der Waals surface area (Å²) in [5, 5.41) is 3.13. The van der Waals surface area contributed by atoms with Crippen LogP contribution in [0.3, 0.4) is 0 Å². The van der Waals surface area contributed by atoms with Crippen LogP contribution in [-0.4, -0.2) is 14.2 Å². The van der Waals surface area contributed by atoms with E-state index in [1.165, 1.54) is 11.1 Å². The molecule has 0 heterocycles. The van der Waals surface area contributed by atoms with Crippen molar-refractivity contribution in [2.45, 2.75) is 13.8 Å². The maximum absolute atomic E-state index is 5.20. The minimum atomic E-state index is 0.950. The number of anilines is 1. The van der Waals surface area contributed by atoms with Crippen molar-refractivity contribution in [2.24, 2.45) is 0 Å². The number of nitrogens with one attached hydrogen (secondary N) is 1. The molecule has 0 amide bonds. The molecular weight excluding hydrogens is 150 g/mol. The van der Waals surface area contributed by atoms with Crippen LogP contribution in [0.4, 0.5) is 5.69 Å². The van der Waals surface area contributed by atoms with Gasteiger partial charge in [0.15, 0.2) is 0 Å². The fourth-order valence-electron chi connectivity index (χ4n) is 1.29. The Hall–Kier alpha value is -1.18. The first-order valence-corrected chi connectivity index (χ1v) is 4.02. The van der Waals surface area contributed by atoms with Crippen molar-refractivity contribution >= 4 is 5.69 Å². The molecule has 0 unspecified atom stereocenters. The molecule has 0 aliphatic heterocycles. The van der Waals surface area contributed by atoms with E-state index < -0.39 is 0 Å². The van der Waals surface area contributed by atoms with E-state index in [2.05, 4.69) is 19.2 Å². The molecule has 0 fully saturated rings. The highest BCUT2D eigenvalue weighted by Crippen LogP contribution is 2.26. The van der Waals surface area contributed by atoms with Gasteiger partial charge in [-0.25, -0.2) is 0 Å². The number of ether oxygens (including phenoxy) is 1. The molecule has 2 heteroatoms. The summed E-state index contributed by atoms with van der Waals surface area (Å²) < 4.78 is 5.20. The highest BCUT2D eigenvalue weighted by Gasteiger charge is 2.04. The van der Waals surface area contributed by atoms with Crippen LogP contribution in [-0.2, 0) is 0 Å². The van der Waals surface area contributed by atoms with Crippen LogP contribution in [0, 0.1) is 13.8 Å². The van der Waals surface area contributed by atoms with E-state index in [1.807, 2.05) is 19.2 Å². The molecular formula is C10H15NO. The Bertz CT molecular complexity index is 252. The molecule has 0 aliphatic carbocycles. The topological polar surface area (TPSA) is 21.3 Å². The van der Waals surface area contributed by atoms with Gasteiger partial charge in [0.2, 0.25) is 0 Å². The average molecular weight is 165 g/mol. The van der Waals surface area contributed by atoms with Gasteiger partial charge in [0.05, 0.1) is 7.11 Å². The third-order valence-electron chi connectivity index (χ3n) is 2.23. The predicted octanol–water partition coefficient (Wildman–Crippen LogP) is 2.35. The summed E-state index contributed by atoms with van der Waals surface area (Å²) in [5.41, 5.74) is 3.61. The monoisotopic (exact) mass is 165 g/mol. The Morgan fingerprint density at radius 1 is 1.17 bits per heavy atom. The van der Waals surface area contributed by atoms with Crippen molar-refractivity contribution in [1.29, 1.82) is 0 Å². The van der Waals surface area contributed by atoms with Gasteiger partial charge in [-0.1, -0.05) is 0 Å². The standard InChI is InChI=1S/C10H15NO/c1-7-8(2)10(12-4)6-5-9(7)11-3/h5-6,11H,1-4H3. The summed E-state index contributed by atoms with van der Waals surface area (Å²) in [6.45, 7) is 4.15. The molecule has 2 nitrogen and oxygen atoms in total. The van der Waals surface area contributed by atoms with E-state index in [0.29, 0.717) is 0 Å². The van der Waals surface area contributed by atoms with Gasteiger partial charge in [0.1, 0.15) is 5.75 Å². The van der Waals surface area contributed by atoms with Gasteiger partial charge in [0, 0.05) is 12.7 Å². The largest absolute Gasteiger partial charge is 0.496 e. The van der Waals surface area contributed by atoms with E-state index >= 15 is 0 Å². The minimum absolute atomic E-state index is 0.950. The second-order valence-corrected chi connectivity index (χ2v) is 2.82. The normalized spacial score (nSPS) is 9.67. The molecule has 1 aromatic carbocycles. The van der Waals surface area contributed by atoms with Crippen molar-refractivity contribution in [1.82, 2.24) is 0 Å². The van der Waals surface area contributed by atoms with Crippen LogP contribution in [0.2, 0.25) is 0 Å². The Morgan fingerprint density at radius 2 is 1.83 bits per heavy atom. The number of methoxy groups -OCH3 is 1. The molecule has 0 aliphatic rings. The zero-order valence-corrected chi connectivity index (χ0v) is 8.06. The summed E-state index contributed by atoms with van der Waals surface area (Å²) in [6, 6.07) is 4.01. The molecule has 1 aromatic rings. The van der Waals surface area contributed by atoms with E-state index in [4.69, 9.17) is 4.74 Å². The Morgan fingerprint density at radius 3 is 2.33 bits per heavy atom. The smallest absolute Gasteiger partial charge is 0.122 e. The van der Waals surface area contributed by atoms with Crippen molar-refractivity contribution in [2.75, 3.05) is 19.5 Å². The van der Waals surface area contributed by atoms with Crippen molar-refractivity contribution in [3.63, 3.8) is 0 Å². The quantitative estimate of drug-likeness (QED) is 0.726. The summed E-state index contributed by atoms with van der Waals surface area (Å²) >= 11 is 0. The number of hydrogen-bond acceptors (Lipinski definition) is 2. The van der Waals surface area contributed by atoms with Crippen LogP contribution < -0.4 is 10.1 Å². The van der Waals surface area contributed by atoms with E-state index in [-0.39, 0.29) is 0 Å². The maximum atomic E-state index is 5.20. The lowest BCUT2D eigenvalue weighted by Crippen LogP contribution is -1.96. The van der Waals surface area contributed by atoms with Gasteiger partial charge in [0.25, 0.3) is 0 Å². The molecule has 12 heavy (non-hydrogen) atoms. The molecule has 0 saturated carbocycles. The van der Waals surface area contributed by atoms with E-state index in [9.17, 15) is 0 Å². The lowest BCUT2D eigenvalue weighted by Gasteiger charge is -2.11.